The number of nitrogens with one attached hydrogen (secondary N) is 1. The highest BCUT2D eigenvalue weighted by molar-refractivity contribution is 5.93. The quantitative estimate of drug-likeness (QED) is 0.844. The maximum absolute atomic E-state index is 12.3. The summed E-state index contributed by atoms with van der Waals surface area (Å²) in [6, 6.07) is 15.4. The first-order valence-corrected chi connectivity index (χ1v) is 8.99. The van der Waals surface area contributed by atoms with Gasteiger partial charge in [-0.05, 0) is 29.2 Å². The van der Waals surface area contributed by atoms with Crippen molar-refractivity contribution < 1.29 is 24.2 Å². The van der Waals surface area contributed by atoms with E-state index in [1.54, 1.807) is 6.92 Å². The largest absolute Gasteiger partial charge is 0.449 e. The molecule has 0 saturated carbocycles. The Kier molecular flexibility index (Phi) is 4.35. The van der Waals surface area contributed by atoms with Crippen molar-refractivity contribution in [2.75, 3.05) is 13.2 Å². The number of alkyl carbamates (subject to hydrolysis) is 1. The van der Waals surface area contributed by atoms with Crippen LogP contribution in [-0.2, 0) is 14.3 Å². The Labute approximate surface area is 158 Å². The van der Waals surface area contributed by atoms with Gasteiger partial charge in [-0.15, -0.1) is 0 Å². The third-order valence-corrected chi connectivity index (χ3v) is 5.24. The third-order valence-electron chi connectivity index (χ3n) is 5.24. The van der Waals surface area contributed by atoms with Gasteiger partial charge in [-0.3, -0.25) is 4.79 Å². The van der Waals surface area contributed by atoms with Gasteiger partial charge < -0.3 is 19.9 Å². The highest BCUT2D eigenvalue weighted by atomic mass is 16.6. The molecule has 0 unspecified atom stereocenters. The Balaban J connectivity index is 1.42. The van der Waals surface area contributed by atoms with Crippen molar-refractivity contribution in [3.05, 3.63) is 59.7 Å². The van der Waals surface area contributed by atoms with Crippen LogP contribution in [0.4, 0.5) is 4.79 Å². The van der Waals surface area contributed by atoms with Crippen LogP contribution in [0.1, 0.15) is 24.0 Å². The minimum absolute atomic E-state index is 0.0458. The Morgan fingerprint density at radius 1 is 1.19 bits per heavy atom. The molecule has 2 aromatic carbocycles. The van der Waals surface area contributed by atoms with Gasteiger partial charge in [0.05, 0.1) is 12.7 Å². The summed E-state index contributed by atoms with van der Waals surface area (Å²) in [7, 11) is 0. The normalized spacial score (nSPS) is 24.3. The van der Waals surface area contributed by atoms with Crippen molar-refractivity contribution in [2.24, 2.45) is 0 Å². The lowest BCUT2D eigenvalue weighted by atomic mass is 9.98. The van der Waals surface area contributed by atoms with E-state index in [9.17, 15) is 9.59 Å². The van der Waals surface area contributed by atoms with Gasteiger partial charge in [0.2, 0.25) is 1.43 Å². The lowest BCUT2D eigenvalue weighted by Crippen LogP contribution is -2.45. The molecule has 1 aliphatic carbocycles. The van der Waals surface area contributed by atoms with E-state index in [0.717, 1.165) is 22.3 Å². The Morgan fingerprint density at radius 3 is 2.44 bits per heavy atom. The molecule has 2 N–H and O–H groups in total. The van der Waals surface area contributed by atoms with Crippen LogP contribution >= 0.6 is 0 Å². The highest BCUT2D eigenvalue weighted by Gasteiger charge is 2.42. The molecular weight excluding hydrogens is 346 g/mol. The average molecular weight is 369 g/mol. The molecule has 140 valence electrons. The smallest absolute Gasteiger partial charge is 0.407 e. The Bertz CT molecular complexity index is 856. The van der Waals surface area contributed by atoms with E-state index in [-0.39, 0.29) is 24.9 Å². The summed E-state index contributed by atoms with van der Waals surface area (Å²) in [5.74, 6) is -0.358. The van der Waals surface area contributed by atoms with E-state index in [0.29, 0.717) is 0 Å². The zero-order valence-corrected chi connectivity index (χ0v) is 14.9. The van der Waals surface area contributed by atoms with Gasteiger partial charge in [0.25, 0.3) is 0 Å². The molecule has 4 rings (SSSR count). The van der Waals surface area contributed by atoms with Crippen LogP contribution in [0.5, 0.6) is 0 Å². The maximum Gasteiger partial charge on any atom is 0.407 e. The second-order valence-corrected chi connectivity index (χ2v) is 6.85. The number of Topliss-reactive ketones (excluding diaryl/α,β-unsaturated/α-hetero) is 1. The molecule has 3 atom stereocenters. The van der Waals surface area contributed by atoms with Gasteiger partial charge in [0.1, 0.15) is 18.8 Å². The minimum Gasteiger partial charge on any atom is -0.449 e. The van der Waals surface area contributed by atoms with Crippen molar-refractivity contribution in [1.29, 1.82) is 1.43 Å². The maximum atomic E-state index is 12.3. The summed E-state index contributed by atoms with van der Waals surface area (Å²) in [5.41, 5.74) is 4.55. The predicted molar refractivity (Wildman–Crippen MR) is 98.4 cm³/mol. The minimum atomic E-state index is -0.841. The summed E-state index contributed by atoms with van der Waals surface area (Å²) in [5, 5.41) is 6.83. The van der Waals surface area contributed by atoms with Crippen molar-refractivity contribution in [3.63, 3.8) is 0 Å². The molecule has 1 fully saturated rings. The summed E-state index contributed by atoms with van der Waals surface area (Å²) >= 11 is 0. The fourth-order valence-electron chi connectivity index (χ4n) is 3.91. The fraction of sp³-hybridized carbons (Fsp3) is 0.333. The van der Waals surface area contributed by atoms with Crippen LogP contribution in [0, 0.1) is 0 Å². The summed E-state index contributed by atoms with van der Waals surface area (Å²) in [6.07, 6.45) is -2.01. The van der Waals surface area contributed by atoms with Crippen molar-refractivity contribution in [2.45, 2.75) is 31.1 Å². The summed E-state index contributed by atoms with van der Waals surface area (Å²) in [4.78, 5) is 24.6. The number of carbonyl (C=O) groups is 2. The Hall–Kier alpha value is -2.70. The van der Waals surface area contributed by atoms with Crippen LogP contribution in [0.3, 0.4) is 0 Å². The van der Waals surface area contributed by atoms with Gasteiger partial charge in [-0.1, -0.05) is 48.5 Å². The predicted octanol–water partition coefficient (Wildman–Crippen LogP) is 2.24. The highest BCUT2D eigenvalue weighted by Crippen LogP contribution is 2.44. The molecule has 6 nitrogen and oxygen atoms in total. The van der Waals surface area contributed by atoms with Crippen molar-refractivity contribution in [1.82, 2.24) is 5.32 Å². The average Bonchev–Trinajstić information content (AvgIpc) is 3.16. The number of carbonyl (C=O) groups excluding carboxylic acids is 2. The zero-order valence-electron chi connectivity index (χ0n) is 15.9. The van der Waals surface area contributed by atoms with E-state index in [2.05, 4.69) is 22.6 Å². The number of fused-ring (bicyclic) bond motifs is 3. The number of hydrogen-bond donors (Lipinski definition) is 2. The van der Waals surface area contributed by atoms with E-state index in [4.69, 9.17) is 10.9 Å². The molecule has 0 radical (unpaired) electrons. The molecule has 2 aromatic rings. The molecule has 1 saturated heterocycles. The number of aliphatic hydroxyl groups is 1. The summed E-state index contributed by atoms with van der Waals surface area (Å²) in [6.45, 7) is 1.71. The second kappa shape index (κ2) is 7.13. The number of amides is 1. The van der Waals surface area contributed by atoms with Crippen molar-refractivity contribution in [3.8, 4) is 11.1 Å². The first kappa shape index (κ1) is 16.5. The molecule has 0 bridgehead atoms. The van der Waals surface area contributed by atoms with Crippen LogP contribution in [0.25, 0.3) is 11.1 Å². The SMILES string of the molecule is [3H]OC[C@H]1O[C@H](C)[C@H](NC(=O)OCC2c3ccccc3-c3ccccc32)C1=O. The monoisotopic (exact) mass is 369 g/mol. The first-order chi connectivity index (χ1) is 13.6. The van der Waals surface area contributed by atoms with E-state index in [1.807, 2.05) is 36.4 Å². The van der Waals surface area contributed by atoms with E-state index in [1.165, 1.54) is 0 Å². The molecule has 0 spiro atoms. The molecule has 0 aromatic heterocycles. The molecule has 1 amide bonds. The number of benzene rings is 2. The van der Waals surface area contributed by atoms with Gasteiger partial charge >= 0.3 is 6.09 Å². The summed E-state index contributed by atoms with van der Waals surface area (Å²) < 4.78 is 17.7. The molecular formula is C21H21NO5. The molecule has 27 heavy (non-hydrogen) atoms. The second-order valence-electron chi connectivity index (χ2n) is 6.85. The number of ether oxygens (including phenoxy) is 2. The Morgan fingerprint density at radius 2 is 1.81 bits per heavy atom. The molecule has 6 heteroatoms. The number of hydrogen-bond acceptors (Lipinski definition) is 5. The van der Waals surface area contributed by atoms with Crippen LogP contribution in [0.15, 0.2) is 48.5 Å². The van der Waals surface area contributed by atoms with E-state index >= 15 is 0 Å². The third kappa shape index (κ3) is 3.11. The lowest BCUT2D eigenvalue weighted by molar-refractivity contribution is -0.125. The molecule has 2 aliphatic rings. The zero-order chi connectivity index (χ0) is 19.7. The fourth-order valence-corrected chi connectivity index (χ4v) is 3.91. The van der Waals surface area contributed by atoms with Gasteiger partial charge in [-0.25, -0.2) is 4.79 Å². The van der Waals surface area contributed by atoms with Crippen LogP contribution < -0.4 is 5.32 Å². The van der Waals surface area contributed by atoms with Crippen molar-refractivity contribution >= 4 is 11.9 Å². The molecule has 1 heterocycles. The number of rotatable bonds is 5. The first-order valence-electron chi connectivity index (χ1n) is 9.39. The lowest BCUT2D eigenvalue weighted by Gasteiger charge is -2.17. The molecule has 1 aliphatic heterocycles. The van der Waals surface area contributed by atoms with Crippen LogP contribution in [-0.4, -0.2) is 49.9 Å². The number of ketones is 1. The number of aliphatic hydroxyl groups excluding tert-OH is 1. The van der Waals surface area contributed by atoms with Crippen LogP contribution in [0.2, 0.25) is 0 Å². The van der Waals surface area contributed by atoms with E-state index < -0.39 is 24.3 Å². The van der Waals surface area contributed by atoms with Gasteiger partial charge in [0.15, 0.2) is 5.78 Å². The van der Waals surface area contributed by atoms with Gasteiger partial charge in [-0.2, -0.15) is 0 Å². The topological polar surface area (TPSA) is 84.9 Å². The van der Waals surface area contributed by atoms with Gasteiger partial charge in [0, 0.05) is 5.92 Å². The standard InChI is InChI=1S/C21H21NO5/c1-12-19(20(24)18(10-23)27-12)22-21(25)26-11-17-15-8-4-2-6-13(15)14-7-3-5-9-16(14)17/h2-9,12,17-19,23H,10-11H2,1H3,(H,22,25)/t12-,18-,19+/m1/s1/i23T.